The monoisotopic (exact) mass is 423 g/mol. The van der Waals surface area contributed by atoms with Gasteiger partial charge in [-0.1, -0.05) is 73.6 Å². The summed E-state index contributed by atoms with van der Waals surface area (Å²) in [5.74, 6) is 0. The zero-order chi connectivity index (χ0) is 21.0. The van der Waals surface area contributed by atoms with Crippen LogP contribution in [-0.4, -0.2) is 12.8 Å². The number of nitrogens with one attached hydrogen (secondary N) is 1. The molecule has 0 saturated heterocycles. The van der Waals surface area contributed by atoms with E-state index in [1.54, 1.807) is 0 Å². The van der Waals surface area contributed by atoms with Gasteiger partial charge in [0.15, 0.2) is 0 Å². The van der Waals surface area contributed by atoms with Gasteiger partial charge in [-0.15, -0.1) is 0 Å². The van der Waals surface area contributed by atoms with Crippen molar-refractivity contribution in [2.75, 3.05) is 16.9 Å². The number of hydrogen-bond donors (Lipinski definition) is 1. The quantitative estimate of drug-likeness (QED) is 0.254. The smallest absolute Gasteiger partial charge is 0.0568 e. The van der Waals surface area contributed by atoms with Crippen molar-refractivity contribution in [3.8, 4) is 0 Å². The molecule has 4 aromatic rings. The number of hydrazone groups is 1. The van der Waals surface area contributed by atoms with E-state index in [4.69, 9.17) is 0 Å². The highest BCUT2D eigenvalue weighted by atomic mass is 32.2. The molecular formula is C27H25N3S. The Labute approximate surface area is 187 Å². The molecule has 0 bridgehead atoms. The minimum Gasteiger partial charge on any atom is -0.340 e. The molecule has 1 aliphatic rings. The molecule has 0 unspecified atom stereocenters. The summed E-state index contributed by atoms with van der Waals surface area (Å²) >= 11 is 1.84. The molecule has 3 nitrogen and oxygen atoms in total. The second kappa shape index (κ2) is 8.86. The molecule has 4 aromatic carbocycles. The maximum Gasteiger partial charge on any atom is 0.0568 e. The summed E-state index contributed by atoms with van der Waals surface area (Å²) in [6, 6.07) is 30.0. The van der Waals surface area contributed by atoms with Crippen LogP contribution in [0, 0.1) is 0 Å². The number of benzene rings is 4. The number of para-hydroxylation sites is 1. The van der Waals surface area contributed by atoms with Crippen LogP contribution < -0.4 is 10.3 Å². The van der Waals surface area contributed by atoms with Crippen LogP contribution in [0.2, 0.25) is 0 Å². The van der Waals surface area contributed by atoms with E-state index in [0.29, 0.717) is 0 Å². The Morgan fingerprint density at radius 3 is 2.55 bits per heavy atom. The second-order valence-electron chi connectivity index (χ2n) is 7.73. The van der Waals surface area contributed by atoms with E-state index in [2.05, 4.69) is 107 Å². The first-order valence-corrected chi connectivity index (χ1v) is 11.6. The largest absolute Gasteiger partial charge is 0.340 e. The SMILES string of the molecule is CCCCN1c2ccccc2Sc2cc(/C=N\Nc3ccc4ccccc4c3)ccc21. The van der Waals surface area contributed by atoms with E-state index in [9.17, 15) is 0 Å². The molecule has 1 N–H and O–H groups in total. The first kappa shape index (κ1) is 19.7. The summed E-state index contributed by atoms with van der Waals surface area (Å²) in [6.07, 6.45) is 4.26. The van der Waals surface area contributed by atoms with Gasteiger partial charge in [-0.05, 0) is 59.2 Å². The third-order valence-electron chi connectivity index (χ3n) is 5.54. The van der Waals surface area contributed by atoms with Gasteiger partial charge < -0.3 is 4.90 Å². The van der Waals surface area contributed by atoms with Crippen LogP contribution in [0.1, 0.15) is 25.3 Å². The minimum atomic E-state index is 0.988. The Bertz CT molecular complexity index is 1250. The first-order valence-electron chi connectivity index (χ1n) is 10.8. The first-order chi connectivity index (χ1) is 15.3. The molecule has 1 heterocycles. The normalized spacial score (nSPS) is 12.7. The van der Waals surface area contributed by atoms with Crippen LogP contribution >= 0.6 is 11.8 Å². The van der Waals surface area contributed by atoms with Crippen molar-refractivity contribution >= 4 is 45.8 Å². The lowest BCUT2D eigenvalue weighted by molar-refractivity contribution is 0.777. The van der Waals surface area contributed by atoms with E-state index in [0.717, 1.165) is 17.8 Å². The number of hydrogen-bond acceptors (Lipinski definition) is 4. The predicted octanol–water partition coefficient (Wildman–Crippen LogP) is 7.69. The number of nitrogens with zero attached hydrogens (tertiary/aromatic N) is 2. The van der Waals surface area contributed by atoms with Gasteiger partial charge in [0.25, 0.3) is 0 Å². The molecule has 0 radical (unpaired) electrons. The van der Waals surface area contributed by atoms with Crippen LogP contribution in [0.15, 0.2) is 99.8 Å². The highest BCUT2D eigenvalue weighted by molar-refractivity contribution is 7.99. The molecule has 1 aliphatic heterocycles. The molecule has 4 heteroatoms. The van der Waals surface area contributed by atoms with Gasteiger partial charge >= 0.3 is 0 Å². The fourth-order valence-electron chi connectivity index (χ4n) is 3.93. The van der Waals surface area contributed by atoms with Gasteiger partial charge in [0.1, 0.15) is 0 Å². The van der Waals surface area contributed by atoms with Crippen molar-refractivity contribution in [3.05, 3.63) is 90.5 Å². The van der Waals surface area contributed by atoms with Crippen molar-refractivity contribution in [1.29, 1.82) is 0 Å². The van der Waals surface area contributed by atoms with E-state index in [1.165, 1.54) is 44.8 Å². The fraction of sp³-hybridized carbons (Fsp3) is 0.148. The van der Waals surface area contributed by atoms with Crippen molar-refractivity contribution < 1.29 is 0 Å². The Balaban J connectivity index is 1.37. The number of rotatable bonds is 6. The van der Waals surface area contributed by atoms with Crippen LogP contribution in [0.3, 0.4) is 0 Å². The molecule has 0 atom stereocenters. The molecule has 0 amide bonds. The van der Waals surface area contributed by atoms with Crippen LogP contribution in [-0.2, 0) is 0 Å². The lowest BCUT2D eigenvalue weighted by Crippen LogP contribution is -2.21. The third kappa shape index (κ3) is 4.17. The van der Waals surface area contributed by atoms with Crippen LogP contribution in [0.25, 0.3) is 10.8 Å². The van der Waals surface area contributed by atoms with Crippen molar-refractivity contribution in [2.45, 2.75) is 29.6 Å². The average Bonchev–Trinajstić information content (AvgIpc) is 2.81. The second-order valence-corrected chi connectivity index (χ2v) is 8.82. The zero-order valence-electron chi connectivity index (χ0n) is 17.6. The van der Waals surface area contributed by atoms with Gasteiger partial charge in [-0.3, -0.25) is 5.43 Å². The average molecular weight is 424 g/mol. The summed E-state index contributed by atoms with van der Waals surface area (Å²) in [4.78, 5) is 5.05. The van der Waals surface area contributed by atoms with E-state index in [-0.39, 0.29) is 0 Å². The lowest BCUT2D eigenvalue weighted by Gasteiger charge is -2.33. The predicted molar refractivity (Wildman–Crippen MR) is 134 cm³/mol. The van der Waals surface area contributed by atoms with E-state index >= 15 is 0 Å². The highest BCUT2D eigenvalue weighted by Crippen LogP contribution is 2.48. The Morgan fingerprint density at radius 1 is 0.839 bits per heavy atom. The Hall–Kier alpha value is -3.24. The fourth-order valence-corrected chi connectivity index (χ4v) is 5.07. The van der Waals surface area contributed by atoms with Crippen LogP contribution in [0.4, 0.5) is 17.1 Å². The van der Waals surface area contributed by atoms with Gasteiger partial charge in [0.05, 0.1) is 23.3 Å². The summed E-state index contributed by atoms with van der Waals surface area (Å²) in [7, 11) is 0. The van der Waals surface area contributed by atoms with Gasteiger partial charge in [0.2, 0.25) is 0 Å². The standard InChI is InChI=1S/C27H25N3S/c1-2-3-16-30-24-10-6-7-11-26(24)31-27-17-20(12-15-25(27)30)19-28-29-23-14-13-21-8-4-5-9-22(21)18-23/h4-15,17-19,29H,2-3,16H2,1H3/b28-19-. The third-order valence-corrected chi connectivity index (χ3v) is 6.65. The summed E-state index contributed by atoms with van der Waals surface area (Å²) in [6.45, 7) is 3.28. The molecule has 0 aliphatic carbocycles. The minimum absolute atomic E-state index is 0.988. The molecule has 31 heavy (non-hydrogen) atoms. The Kier molecular flexibility index (Phi) is 5.63. The van der Waals surface area contributed by atoms with E-state index in [1.807, 2.05) is 18.0 Å². The molecule has 0 spiro atoms. The molecule has 0 fully saturated rings. The van der Waals surface area contributed by atoms with Crippen molar-refractivity contribution in [2.24, 2.45) is 5.10 Å². The Morgan fingerprint density at radius 2 is 1.65 bits per heavy atom. The highest BCUT2D eigenvalue weighted by Gasteiger charge is 2.22. The summed E-state index contributed by atoms with van der Waals surface area (Å²) in [5, 5.41) is 6.92. The molecule has 5 rings (SSSR count). The van der Waals surface area contributed by atoms with Gasteiger partial charge in [-0.25, -0.2) is 0 Å². The number of fused-ring (bicyclic) bond motifs is 3. The summed E-state index contributed by atoms with van der Waals surface area (Å²) in [5.41, 5.74) is 7.85. The van der Waals surface area contributed by atoms with Crippen molar-refractivity contribution in [3.63, 3.8) is 0 Å². The maximum absolute atomic E-state index is 4.48. The summed E-state index contributed by atoms with van der Waals surface area (Å²) < 4.78 is 0. The zero-order valence-corrected chi connectivity index (χ0v) is 18.4. The molecule has 0 aromatic heterocycles. The van der Waals surface area contributed by atoms with E-state index < -0.39 is 0 Å². The molecule has 154 valence electrons. The number of unbranched alkanes of at least 4 members (excludes halogenated alkanes) is 1. The lowest BCUT2D eigenvalue weighted by atomic mass is 10.1. The molecular weight excluding hydrogens is 398 g/mol. The van der Waals surface area contributed by atoms with Crippen LogP contribution in [0.5, 0.6) is 0 Å². The number of anilines is 3. The topological polar surface area (TPSA) is 27.6 Å². The van der Waals surface area contributed by atoms with Gasteiger partial charge in [0, 0.05) is 16.3 Å². The molecule has 0 saturated carbocycles. The van der Waals surface area contributed by atoms with Crippen molar-refractivity contribution in [1.82, 2.24) is 0 Å². The maximum atomic E-state index is 4.48. The van der Waals surface area contributed by atoms with Gasteiger partial charge in [-0.2, -0.15) is 5.10 Å².